The fourth-order valence-electron chi connectivity index (χ4n) is 3.88. The molecule has 1 aromatic carbocycles. The number of esters is 1. The van der Waals surface area contributed by atoms with Crippen LogP contribution in [-0.4, -0.2) is 57.4 Å². The Labute approximate surface area is 149 Å². The Hall–Kier alpha value is -1.44. The Morgan fingerprint density at radius 3 is 2.36 bits per heavy atom. The van der Waals surface area contributed by atoms with E-state index in [1.807, 2.05) is 18.2 Å². The molecule has 2 heterocycles. The second-order valence-corrected chi connectivity index (χ2v) is 8.68. The first kappa shape index (κ1) is 18.4. The van der Waals surface area contributed by atoms with Crippen molar-refractivity contribution >= 4 is 16.1 Å². The number of piperidine rings is 1. The largest absolute Gasteiger partial charge is 0.462 e. The maximum Gasteiger partial charge on any atom is 0.316 e. The molecule has 4 atom stereocenters. The topological polar surface area (TPSA) is 72.9 Å². The van der Waals surface area contributed by atoms with Crippen molar-refractivity contribution < 1.29 is 22.1 Å². The normalized spacial score (nSPS) is 27.8. The number of hydrogen-bond acceptors (Lipinski definition) is 6. The van der Waals surface area contributed by atoms with Crippen molar-refractivity contribution in [3.8, 4) is 0 Å². The lowest BCUT2D eigenvalue weighted by Gasteiger charge is -2.36. The van der Waals surface area contributed by atoms with Gasteiger partial charge in [0.1, 0.15) is 12.0 Å². The molecular weight excluding hydrogens is 342 g/mol. The standard InChI is InChI=1S/C18H25NO5S/c1-19-14-8-9-15(19)11-16(10-14)24-18(20)17(12-23-25(2,21)22)13-6-4-3-5-7-13/h3-7,14-17H,8-12H2,1-2H3/t14-,15+,16+,17?. The SMILES string of the molecule is CN1[C@@H]2CC[C@H]1C[C@@H](OC(=O)C(COS(C)(=O)=O)c1ccccc1)C2. The van der Waals surface area contributed by atoms with Crippen LogP contribution < -0.4 is 0 Å². The molecule has 0 radical (unpaired) electrons. The van der Waals surface area contributed by atoms with E-state index in [2.05, 4.69) is 11.9 Å². The molecule has 138 valence electrons. The molecule has 2 aliphatic heterocycles. The molecule has 1 aromatic rings. The van der Waals surface area contributed by atoms with Crippen LogP contribution in [0.1, 0.15) is 37.2 Å². The van der Waals surface area contributed by atoms with E-state index in [1.165, 1.54) is 0 Å². The quantitative estimate of drug-likeness (QED) is 0.565. The predicted octanol–water partition coefficient (Wildman–Crippen LogP) is 1.91. The van der Waals surface area contributed by atoms with Gasteiger partial charge in [0.15, 0.2) is 0 Å². The van der Waals surface area contributed by atoms with Gasteiger partial charge in [-0.3, -0.25) is 8.98 Å². The van der Waals surface area contributed by atoms with Gasteiger partial charge in [-0.05, 0) is 38.3 Å². The summed E-state index contributed by atoms with van der Waals surface area (Å²) in [6.07, 6.45) is 4.85. The van der Waals surface area contributed by atoms with E-state index in [1.54, 1.807) is 12.1 Å². The number of carbonyl (C=O) groups is 1. The molecule has 1 unspecified atom stereocenters. The van der Waals surface area contributed by atoms with Gasteiger partial charge < -0.3 is 9.64 Å². The molecule has 2 fully saturated rings. The number of hydrogen-bond donors (Lipinski definition) is 0. The minimum Gasteiger partial charge on any atom is -0.462 e. The molecule has 7 heteroatoms. The summed E-state index contributed by atoms with van der Waals surface area (Å²) in [5.74, 6) is -1.16. The highest BCUT2D eigenvalue weighted by Crippen LogP contribution is 2.36. The molecule has 0 saturated carbocycles. The van der Waals surface area contributed by atoms with E-state index in [-0.39, 0.29) is 12.7 Å². The third kappa shape index (κ3) is 4.59. The Bertz CT molecular complexity index is 691. The van der Waals surface area contributed by atoms with Crippen LogP contribution in [0, 0.1) is 0 Å². The molecule has 2 bridgehead atoms. The highest BCUT2D eigenvalue weighted by Gasteiger charge is 2.40. The van der Waals surface area contributed by atoms with Gasteiger partial charge >= 0.3 is 5.97 Å². The second kappa shape index (κ2) is 7.43. The third-order valence-corrected chi connectivity index (χ3v) is 5.84. The number of ether oxygens (including phenoxy) is 1. The Morgan fingerprint density at radius 1 is 1.20 bits per heavy atom. The van der Waals surface area contributed by atoms with Crippen LogP contribution >= 0.6 is 0 Å². The zero-order valence-corrected chi connectivity index (χ0v) is 15.4. The monoisotopic (exact) mass is 367 g/mol. The summed E-state index contributed by atoms with van der Waals surface area (Å²) in [7, 11) is -1.49. The third-order valence-electron chi connectivity index (χ3n) is 5.27. The Kier molecular flexibility index (Phi) is 5.46. The first-order valence-corrected chi connectivity index (χ1v) is 10.5. The fourth-order valence-corrected chi connectivity index (χ4v) is 4.26. The van der Waals surface area contributed by atoms with Gasteiger partial charge in [-0.2, -0.15) is 8.42 Å². The Morgan fingerprint density at radius 2 is 1.80 bits per heavy atom. The number of rotatable bonds is 6. The van der Waals surface area contributed by atoms with Crippen molar-refractivity contribution in [2.75, 3.05) is 19.9 Å². The maximum atomic E-state index is 12.7. The van der Waals surface area contributed by atoms with Crippen LogP contribution in [0.4, 0.5) is 0 Å². The van der Waals surface area contributed by atoms with E-state index in [0.29, 0.717) is 17.6 Å². The number of nitrogens with zero attached hydrogens (tertiary/aromatic N) is 1. The van der Waals surface area contributed by atoms with E-state index >= 15 is 0 Å². The summed E-state index contributed by atoms with van der Waals surface area (Å²) in [5.41, 5.74) is 0.701. The van der Waals surface area contributed by atoms with Crippen molar-refractivity contribution in [1.82, 2.24) is 4.90 Å². The molecule has 2 aliphatic rings. The van der Waals surface area contributed by atoms with Gasteiger partial charge in [0.05, 0.1) is 12.9 Å². The summed E-state index contributed by atoms with van der Waals surface area (Å²) >= 11 is 0. The molecule has 0 N–H and O–H groups in total. The van der Waals surface area contributed by atoms with Crippen molar-refractivity contribution in [2.24, 2.45) is 0 Å². The maximum absolute atomic E-state index is 12.7. The predicted molar refractivity (Wildman–Crippen MR) is 93.7 cm³/mol. The van der Waals surface area contributed by atoms with Crippen LogP contribution in [0.25, 0.3) is 0 Å². The van der Waals surface area contributed by atoms with Gasteiger partial charge in [0, 0.05) is 12.1 Å². The van der Waals surface area contributed by atoms with Gasteiger partial charge in [-0.1, -0.05) is 30.3 Å². The van der Waals surface area contributed by atoms with Crippen LogP contribution in [0.15, 0.2) is 30.3 Å². The lowest BCUT2D eigenvalue weighted by atomic mass is 9.98. The van der Waals surface area contributed by atoms with Gasteiger partial charge in [0.2, 0.25) is 0 Å². The Balaban J connectivity index is 1.69. The van der Waals surface area contributed by atoms with Crippen molar-refractivity contribution in [3.63, 3.8) is 0 Å². The van der Waals surface area contributed by atoms with Crippen LogP contribution in [0.5, 0.6) is 0 Å². The molecule has 6 nitrogen and oxygen atoms in total. The minimum atomic E-state index is -3.62. The highest BCUT2D eigenvalue weighted by atomic mass is 32.2. The fraction of sp³-hybridized carbons (Fsp3) is 0.611. The number of fused-ring (bicyclic) bond motifs is 2. The summed E-state index contributed by atoms with van der Waals surface area (Å²) in [4.78, 5) is 15.1. The van der Waals surface area contributed by atoms with Crippen molar-refractivity contribution in [3.05, 3.63) is 35.9 Å². The molecule has 0 aromatic heterocycles. The first-order chi connectivity index (χ1) is 11.8. The zero-order valence-electron chi connectivity index (χ0n) is 14.6. The number of carbonyl (C=O) groups excluding carboxylic acids is 1. The molecular formula is C18H25NO5S. The van der Waals surface area contributed by atoms with Gasteiger partial charge in [-0.15, -0.1) is 0 Å². The molecule has 0 amide bonds. The lowest BCUT2D eigenvalue weighted by molar-refractivity contribution is -0.155. The second-order valence-electron chi connectivity index (χ2n) is 7.03. The van der Waals surface area contributed by atoms with Crippen LogP contribution in [0.2, 0.25) is 0 Å². The van der Waals surface area contributed by atoms with Crippen LogP contribution in [-0.2, 0) is 23.8 Å². The molecule has 25 heavy (non-hydrogen) atoms. The van der Waals surface area contributed by atoms with E-state index in [0.717, 1.165) is 31.9 Å². The lowest BCUT2D eigenvalue weighted by Crippen LogP contribution is -2.44. The molecule has 0 spiro atoms. The van der Waals surface area contributed by atoms with Gasteiger partial charge in [0.25, 0.3) is 10.1 Å². The van der Waals surface area contributed by atoms with E-state index < -0.39 is 22.0 Å². The highest BCUT2D eigenvalue weighted by molar-refractivity contribution is 7.85. The molecule has 2 saturated heterocycles. The smallest absolute Gasteiger partial charge is 0.316 e. The van der Waals surface area contributed by atoms with Crippen LogP contribution in [0.3, 0.4) is 0 Å². The summed E-state index contributed by atoms with van der Waals surface area (Å²) in [5, 5.41) is 0. The van der Waals surface area contributed by atoms with Crippen molar-refractivity contribution in [1.29, 1.82) is 0 Å². The average molecular weight is 367 g/mol. The summed E-state index contributed by atoms with van der Waals surface area (Å²) in [6.45, 7) is -0.235. The first-order valence-electron chi connectivity index (χ1n) is 8.65. The van der Waals surface area contributed by atoms with E-state index in [9.17, 15) is 13.2 Å². The summed E-state index contributed by atoms with van der Waals surface area (Å²) < 4.78 is 33.3. The van der Waals surface area contributed by atoms with Gasteiger partial charge in [-0.25, -0.2) is 0 Å². The molecule has 3 rings (SSSR count). The molecule has 0 aliphatic carbocycles. The minimum absolute atomic E-state index is 0.106. The summed E-state index contributed by atoms with van der Waals surface area (Å²) in [6, 6.07) is 9.99. The van der Waals surface area contributed by atoms with Crippen molar-refractivity contribution in [2.45, 2.75) is 49.8 Å². The number of benzene rings is 1. The van der Waals surface area contributed by atoms with E-state index in [4.69, 9.17) is 8.92 Å². The average Bonchev–Trinajstić information content (AvgIpc) is 2.77. The zero-order chi connectivity index (χ0) is 18.0.